The third kappa shape index (κ3) is 4.88. The second-order valence-corrected chi connectivity index (χ2v) is 4.67. The van der Waals surface area contributed by atoms with Gasteiger partial charge in [0.1, 0.15) is 0 Å². The highest BCUT2D eigenvalue weighted by Gasteiger charge is 2.04. The first-order chi connectivity index (χ1) is 8.17. The Morgan fingerprint density at radius 2 is 1.82 bits per heavy atom. The van der Waals surface area contributed by atoms with Gasteiger partial charge in [-0.05, 0) is 38.1 Å². The fraction of sp³-hybridized carbons (Fsp3) is 0.600. The van der Waals surface area contributed by atoms with Gasteiger partial charge in [-0.25, -0.2) is 0 Å². The molecule has 0 saturated heterocycles. The highest BCUT2D eigenvalue weighted by Crippen LogP contribution is 2.13. The van der Waals surface area contributed by atoms with E-state index >= 15 is 0 Å². The third-order valence-corrected chi connectivity index (χ3v) is 3.37. The molecule has 1 atom stereocenters. The molecule has 0 aromatic heterocycles. The summed E-state index contributed by atoms with van der Waals surface area (Å²) in [6.07, 6.45) is 1.11. The van der Waals surface area contributed by atoms with Crippen molar-refractivity contribution in [1.82, 2.24) is 10.2 Å². The van der Waals surface area contributed by atoms with Gasteiger partial charge in [-0.1, -0.05) is 38.1 Å². The lowest BCUT2D eigenvalue weighted by atomic mass is 10.1. The van der Waals surface area contributed by atoms with E-state index < -0.39 is 0 Å². The zero-order valence-corrected chi connectivity index (χ0v) is 11.7. The van der Waals surface area contributed by atoms with Gasteiger partial charge >= 0.3 is 0 Å². The number of aryl methyl sites for hydroxylation is 1. The molecular weight excluding hydrogens is 208 g/mol. The van der Waals surface area contributed by atoms with Crippen LogP contribution in [0.15, 0.2) is 24.3 Å². The predicted octanol–water partition coefficient (Wildman–Crippen LogP) is 2.85. The summed E-state index contributed by atoms with van der Waals surface area (Å²) in [6, 6.07) is 9.36. The standard InChI is InChI=1S/C15H26N2/c1-5-14-7-9-15(10-8-14)13(3)16-11-12-17(4)6-2/h7-10,13,16H,5-6,11-12H2,1-4H3. The summed E-state index contributed by atoms with van der Waals surface area (Å²) in [5, 5.41) is 3.56. The van der Waals surface area contributed by atoms with Crippen LogP contribution in [-0.2, 0) is 6.42 Å². The Hall–Kier alpha value is -0.860. The van der Waals surface area contributed by atoms with E-state index in [1.165, 1.54) is 11.1 Å². The van der Waals surface area contributed by atoms with E-state index in [2.05, 4.69) is 62.3 Å². The summed E-state index contributed by atoms with van der Waals surface area (Å²) in [4.78, 5) is 2.32. The largest absolute Gasteiger partial charge is 0.309 e. The minimum Gasteiger partial charge on any atom is -0.309 e. The molecule has 0 aliphatic carbocycles. The number of hydrogen-bond acceptors (Lipinski definition) is 2. The number of rotatable bonds is 7. The Morgan fingerprint density at radius 3 is 2.35 bits per heavy atom. The lowest BCUT2D eigenvalue weighted by molar-refractivity contribution is 0.342. The highest BCUT2D eigenvalue weighted by molar-refractivity contribution is 5.24. The lowest BCUT2D eigenvalue weighted by Crippen LogP contribution is -2.30. The summed E-state index contributed by atoms with van der Waals surface area (Å²) >= 11 is 0. The van der Waals surface area contributed by atoms with Crippen molar-refractivity contribution in [2.75, 3.05) is 26.7 Å². The fourth-order valence-corrected chi connectivity index (χ4v) is 1.79. The van der Waals surface area contributed by atoms with Crippen molar-refractivity contribution in [2.45, 2.75) is 33.2 Å². The molecule has 1 aromatic carbocycles. The molecule has 1 unspecified atom stereocenters. The van der Waals surface area contributed by atoms with Crippen molar-refractivity contribution in [1.29, 1.82) is 0 Å². The Kier molecular flexibility index (Phi) is 6.23. The molecule has 17 heavy (non-hydrogen) atoms. The van der Waals surface area contributed by atoms with Crippen molar-refractivity contribution in [3.8, 4) is 0 Å². The second-order valence-electron chi connectivity index (χ2n) is 4.67. The number of hydrogen-bond donors (Lipinski definition) is 1. The monoisotopic (exact) mass is 234 g/mol. The van der Waals surface area contributed by atoms with Crippen molar-refractivity contribution in [3.05, 3.63) is 35.4 Å². The van der Waals surface area contributed by atoms with Gasteiger partial charge < -0.3 is 10.2 Å². The van der Waals surface area contributed by atoms with E-state index in [1.807, 2.05) is 0 Å². The van der Waals surface area contributed by atoms with Crippen LogP contribution in [0.5, 0.6) is 0 Å². The summed E-state index contributed by atoms with van der Waals surface area (Å²) < 4.78 is 0. The number of benzene rings is 1. The van der Waals surface area contributed by atoms with Gasteiger partial charge in [0.2, 0.25) is 0 Å². The van der Waals surface area contributed by atoms with E-state index in [9.17, 15) is 0 Å². The molecule has 0 heterocycles. The van der Waals surface area contributed by atoms with Gasteiger partial charge in [-0.15, -0.1) is 0 Å². The Morgan fingerprint density at radius 1 is 1.18 bits per heavy atom. The Bertz CT molecular complexity index is 305. The van der Waals surface area contributed by atoms with Gasteiger partial charge in [0, 0.05) is 19.1 Å². The topological polar surface area (TPSA) is 15.3 Å². The quantitative estimate of drug-likeness (QED) is 0.780. The minimum atomic E-state index is 0.436. The van der Waals surface area contributed by atoms with Crippen molar-refractivity contribution in [2.24, 2.45) is 0 Å². The van der Waals surface area contributed by atoms with Crippen molar-refractivity contribution < 1.29 is 0 Å². The summed E-state index contributed by atoms with van der Waals surface area (Å²) in [6.45, 7) is 9.87. The molecule has 96 valence electrons. The van der Waals surface area contributed by atoms with Crippen molar-refractivity contribution >= 4 is 0 Å². The Labute approximate surface area is 106 Å². The molecule has 0 saturated carbocycles. The molecule has 0 amide bonds. The maximum Gasteiger partial charge on any atom is 0.0292 e. The third-order valence-electron chi connectivity index (χ3n) is 3.37. The first kappa shape index (κ1) is 14.2. The molecule has 0 bridgehead atoms. The lowest BCUT2D eigenvalue weighted by Gasteiger charge is -2.18. The summed E-state index contributed by atoms with van der Waals surface area (Å²) in [7, 11) is 2.16. The fourth-order valence-electron chi connectivity index (χ4n) is 1.79. The smallest absolute Gasteiger partial charge is 0.0292 e. The average molecular weight is 234 g/mol. The molecule has 0 radical (unpaired) electrons. The first-order valence-corrected chi connectivity index (χ1v) is 6.68. The van der Waals surface area contributed by atoms with E-state index in [-0.39, 0.29) is 0 Å². The summed E-state index contributed by atoms with van der Waals surface area (Å²) in [5.41, 5.74) is 2.79. The van der Waals surface area contributed by atoms with Crippen LogP contribution in [-0.4, -0.2) is 31.6 Å². The molecule has 1 N–H and O–H groups in total. The van der Waals surface area contributed by atoms with Gasteiger partial charge in [-0.2, -0.15) is 0 Å². The van der Waals surface area contributed by atoms with Crippen LogP contribution in [0.25, 0.3) is 0 Å². The van der Waals surface area contributed by atoms with E-state index in [1.54, 1.807) is 0 Å². The molecule has 0 fully saturated rings. The predicted molar refractivity (Wildman–Crippen MR) is 75.4 cm³/mol. The van der Waals surface area contributed by atoms with Gasteiger partial charge in [0.25, 0.3) is 0 Å². The van der Waals surface area contributed by atoms with E-state index in [4.69, 9.17) is 0 Å². The zero-order chi connectivity index (χ0) is 12.7. The molecule has 1 aromatic rings. The maximum atomic E-state index is 3.56. The number of likely N-dealkylation sites (N-methyl/N-ethyl adjacent to an activating group) is 1. The highest BCUT2D eigenvalue weighted by atomic mass is 15.1. The van der Waals surface area contributed by atoms with Crippen LogP contribution in [0.2, 0.25) is 0 Å². The van der Waals surface area contributed by atoms with Crippen LogP contribution < -0.4 is 5.32 Å². The molecule has 2 heteroatoms. The van der Waals surface area contributed by atoms with E-state index in [0.717, 1.165) is 26.1 Å². The Balaban J connectivity index is 2.38. The van der Waals surface area contributed by atoms with Crippen LogP contribution in [0.3, 0.4) is 0 Å². The van der Waals surface area contributed by atoms with Crippen LogP contribution >= 0.6 is 0 Å². The molecule has 0 aliphatic heterocycles. The van der Waals surface area contributed by atoms with Crippen molar-refractivity contribution in [3.63, 3.8) is 0 Å². The maximum absolute atomic E-state index is 3.56. The van der Waals surface area contributed by atoms with Gasteiger partial charge in [0.15, 0.2) is 0 Å². The van der Waals surface area contributed by atoms with Crippen LogP contribution in [0.1, 0.15) is 37.9 Å². The first-order valence-electron chi connectivity index (χ1n) is 6.68. The number of nitrogens with one attached hydrogen (secondary N) is 1. The molecule has 0 aliphatic rings. The van der Waals surface area contributed by atoms with Crippen LogP contribution in [0, 0.1) is 0 Å². The normalized spacial score (nSPS) is 13.0. The van der Waals surface area contributed by atoms with Gasteiger partial charge in [0.05, 0.1) is 0 Å². The zero-order valence-electron chi connectivity index (χ0n) is 11.7. The van der Waals surface area contributed by atoms with E-state index in [0.29, 0.717) is 6.04 Å². The number of nitrogens with zero attached hydrogens (tertiary/aromatic N) is 1. The average Bonchev–Trinajstić information content (AvgIpc) is 2.38. The summed E-state index contributed by atoms with van der Waals surface area (Å²) in [5.74, 6) is 0. The second kappa shape index (κ2) is 7.46. The van der Waals surface area contributed by atoms with Crippen LogP contribution in [0.4, 0.5) is 0 Å². The SMILES string of the molecule is CCc1ccc(C(C)NCCN(C)CC)cc1. The minimum absolute atomic E-state index is 0.436. The van der Waals surface area contributed by atoms with Gasteiger partial charge in [-0.3, -0.25) is 0 Å². The molecule has 0 spiro atoms. The molecule has 1 rings (SSSR count). The molecule has 2 nitrogen and oxygen atoms in total. The molecular formula is C15H26N2.